The van der Waals surface area contributed by atoms with Gasteiger partial charge in [0.05, 0.1) is 18.3 Å². The number of hydrogen-bond donors (Lipinski definition) is 2. The summed E-state index contributed by atoms with van der Waals surface area (Å²) in [5, 5.41) is 21.3. The molecule has 0 fully saturated rings. The highest BCUT2D eigenvalue weighted by Crippen LogP contribution is 2.25. The zero-order chi connectivity index (χ0) is 16.4. The second kappa shape index (κ2) is 5.92. The van der Waals surface area contributed by atoms with Gasteiger partial charge < -0.3 is 10.4 Å². The van der Waals surface area contributed by atoms with Gasteiger partial charge in [-0.15, -0.1) is 5.10 Å². The Balaban J connectivity index is 2.02. The maximum atomic E-state index is 9.63. The van der Waals surface area contributed by atoms with Crippen molar-refractivity contribution in [2.75, 3.05) is 11.9 Å². The number of nitrogens with zero attached hydrogens (tertiary/aromatic N) is 5. The first-order valence-corrected chi connectivity index (χ1v) is 7.50. The van der Waals surface area contributed by atoms with E-state index in [-0.39, 0.29) is 18.1 Å². The van der Waals surface area contributed by atoms with Gasteiger partial charge in [-0.3, -0.25) is 0 Å². The summed E-state index contributed by atoms with van der Waals surface area (Å²) >= 11 is 0. The van der Waals surface area contributed by atoms with Crippen LogP contribution in [-0.4, -0.2) is 42.7 Å². The minimum absolute atomic E-state index is 0.00180. The first-order chi connectivity index (χ1) is 11.0. The predicted octanol–water partition coefficient (Wildman–Crippen LogP) is 2.03. The van der Waals surface area contributed by atoms with Crippen molar-refractivity contribution < 1.29 is 5.11 Å². The quantitative estimate of drug-likeness (QED) is 0.766. The van der Waals surface area contributed by atoms with Crippen molar-refractivity contribution >= 4 is 17.0 Å². The lowest BCUT2D eigenvalue weighted by Gasteiger charge is -2.30. The lowest BCUT2D eigenvalue weighted by molar-refractivity contribution is 0.201. The zero-order valence-corrected chi connectivity index (χ0v) is 13.4. The highest BCUT2D eigenvalue weighted by atomic mass is 16.3. The predicted molar refractivity (Wildman–Crippen MR) is 88.4 cm³/mol. The molecule has 0 saturated heterocycles. The second-order valence-electron chi connectivity index (χ2n) is 6.48. The number of aromatic nitrogens is 5. The van der Waals surface area contributed by atoms with Crippen LogP contribution in [0.25, 0.3) is 16.9 Å². The molecular weight excluding hydrogens is 292 g/mol. The van der Waals surface area contributed by atoms with Gasteiger partial charge in [0.25, 0.3) is 0 Å². The highest BCUT2D eigenvalue weighted by molar-refractivity contribution is 5.83. The van der Waals surface area contributed by atoms with Crippen LogP contribution in [0.1, 0.15) is 20.8 Å². The number of aliphatic hydroxyl groups is 1. The van der Waals surface area contributed by atoms with Crippen LogP contribution < -0.4 is 5.32 Å². The molecule has 3 rings (SSSR count). The molecular formula is C16H20N6O. The largest absolute Gasteiger partial charge is 0.394 e. The van der Waals surface area contributed by atoms with Crippen molar-refractivity contribution in [3.8, 4) is 5.69 Å². The van der Waals surface area contributed by atoms with Gasteiger partial charge in [0.2, 0.25) is 0 Å². The first-order valence-electron chi connectivity index (χ1n) is 7.50. The number of hydrogen-bond acceptors (Lipinski definition) is 6. The topological polar surface area (TPSA) is 88.8 Å². The molecule has 1 aromatic carbocycles. The number of rotatable bonds is 4. The van der Waals surface area contributed by atoms with Crippen molar-refractivity contribution in [2.24, 2.45) is 5.41 Å². The molecule has 2 heterocycles. The Hall–Kier alpha value is -2.54. The van der Waals surface area contributed by atoms with E-state index in [4.69, 9.17) is 0 Å². The van der Waals surface area contributed by atoms with Gasteiger partial charge in [0, 0.05) is 0 Å². The van der Waals surface area contributed by atoms with Gasteiger partial charge in [-0.05, 0) is 17.5 Å². The summed E-state index contributed by atoms with van der Waals surface area (Å²) in [7, 11) is 0. The fourth-order valence-corrected chi connectivity index (χ4v) is 2.30. The number of benzene rings is 1. The summed E-state index contributed by atoms with van der Waals surface area (Å²) in [6, 6.07) is 9.54. The molecule has 0 spiro atoms. The molecule has 2 aromatic heterocycles. The van der Waals surface area contributed by atoms with Crippen molar-refractivity contribution in [3.05, 3.63) is 36.7 Å². The minimum Gasteiger partial charge on any atom is -0.394 e. The van der Waals surface area contributed by atoms with Crippen molar-refractivity contribution in [1.29, 1.82) is 0 Å². The standard InChI is InChI=1S/C16H20N6O/c1-16(2,3)12(9-23)19-14-13-15(18-10-17-14)22(21-20-13)11-7-5-4-6-8-11/h4-8,10,12,23H,9H2,1-3H3,(H,17,18,19). The molecule has 7 nitrogen and oxygen atoms in total. The third-order valence-electron chi connectivity index (χ3n) is 3.78. The van der Waals surface area contributed by atoms with Crippen LogP contribution in [0, 0.1) is 5.41 Å². The van der Waals surface area contributed by atoms with E-state index < -0.39 is 0 Å². The first kappa shape index (κ1) is 15.4. The second-order valence-corrected chi connectivity index (χ2v) is 6.48. The highest BCUT2D eigenvalue weighted by Gasteiger charge is 2.25. The molecule has 1 atom stereocenters. The molecule has 0 aliphatic rings. The van der Waals surface area contributed by atoms with E-state index in [9.17, 15) is 5.11 Å². The van der Waals surface area contributed by atoms with E-state index in [1.165, 1.54) is 6.33 Å². The number of fused-ring (bicyclic) bond motifs is 1. The average Bonchev–Trinajstić information content (AvgIpc) is 2.97. The maximum Gasteiger partial charge on any atom is 0.188 e. The van der Waals surface area contributed by atoms with E-state index in [1.807, 2.05) is 30.3 Å². The van der Waals surface area contributed by atoms with Crippen LogP contribution in [0.4, 0.5) is 5.82 Å². The summed E-state index contributed by atoms with van der Waals surface area (Å²) in [5.41, 5.74) is 1.97. The monoisotopic (exact) mass is 312 g/mol. The third kappa shape index (κ3) is 3.00. The minimum atomic E-state index is -0.150. The van der Waals surface area contributed by atoms with E-state index in [0.29, 0.717) is 17.0 Å². The van der Waals surface area contributed by atoms with Crippen LogP contribution >= 0.6 is 0 Å². The Morgan fingerprint density at radius 2 is 1.91 bits per heavy atom. The molecule has 0 amide bonds. The average molecular weight is 312 g/mol. The van der Waals surface area contributed by atoms with Crippen molar-refractivity contribution in [2.45, 2.75) is 26.8 Å². The van der Waals surface area contributed by atoms with Crippen LogP contribution in [-0.2, 0) is 0 Å². The fraction of sp³-hybridized carbons (Fsp3) is 0.375. The van der Waals surface area contributed by atoms with E-state index in [1.54, 1.807) is 4.68 Å². The molecule has 1 unspecified atom stereocenters. The van der Waals surface area contributed by atoms with E-state index in [2.05, 4.69) is 46.4 Å². The zero-order valence-electron chi connectivity index (χ0n) is 13.4. The molecule has 120 valence electrons. The molecule has 7 heteroatoms. The normalized spacial score (nSPS) is 13.2. The molecule has 0 aliphatic heterocycles. The molecule has 0 bridgehead atoms. The SMILES string of the molecule is CC(C)(C)C(CO)Nc1ncnc2c1nnn2-c1ccccc1. The van der Waals surface area contributed by atoms with Gasteiger partial charge in [-0.1, -0.05) is 44.2 Å². The third-order valence-corrected chi connectivity index (χ3v) is 3.78. The Bertz CT molecular complexity index is 793. The van der Waals surface area contributed by atoms with Gasteiger partial charge in [0.15, 0.2) is 17.0 Å². The number of aliphatic hydroxyl groups excluding tert-OH is 1. The molecule has 23 heavy (non-hydrogen) atoms. The summed E-state index contributed by atoms with van der Waals surface area (Å²) in [6.45, 7) is 6.17. The Labute approximate surface area is 134 Å². The van der Waals surface area contributed by atoms with E-state index >= 15 is 0 Å². The van der Waals surface area contributed by atoms with Crippen LogP contribution in [0.5, 0.6) is 0 Å². The fourth-order valence-electron chi connectivity index (χ4n) is 2.30. The summed E-state index contributed by atoms with van der Waals surface area (Å²) in [6.07, 6.45) is 1.48. The Kier molecular flexibility index (Phi) is 3.96. The van der Waals surface area contributed by atoms with Crippen LogP contribution in [0.15, 0.2) is 36.7 Å². The van der Waals surface area contributed by atoms with Gasteiger partial charge in [0.1, 0.15) is 6.33 Å². The van der Waals surface area contributed by atoms with Gasteiger partial charge in [-0.2, -0.15) is 4.68 Å². The molecule has 0 aliphatic carbocycles. The maximum absolute atomic E-state index is 9.63. The van der Waals surface area contributed by atoms with Gasteiger partial charge in [-0.25, -0.2) is 9.97 Å². The molecule has 0 saturated carbocycles. The molecule has 3 aromatic rings. The van der Waals surface area contributed by atoms with Crippen LogP contribution in [0.3, 0.4) is 0 Å². The van der Waals surface area contributed by atoms with Crippen molar-refractivity contribution in [3.63, 3.8) is 0 Å². The lowest BCUT2D eigenvalue weighted by atomic mass is 9.87. The van der Waals surface area contributed by atoms with Gasteiger partial charge >= 0.3 is 0 Å². The summed E-state index contributed by atoms with van der Waals surface area (Å²) in [4.78, 5) is 8.56. The molecule has 2 N–H and O–H groups in total. The van der Waals surface area contributed by atoms with Crippen LogP contribution in [0.2, 0.25) is 0 Å². The Morgan fingerprint density at radius 3 is 2.57 bits per heavy atom. The number of nitrogens with one attached hydrogen (secondary N) is 1. The number of anilines is 1. The smallest absolute Gasteiger partial charge is 0.188 e. The summed E-state index contributed by atoms with van der Waals surface area (Å²) in [5.74, 6) is 0.575. The Morgan fingerprint density at radius 1 is 1.17 bits per heavy atom. The summed E-state index contributed by atoms with van der Waals surface area (Å²) < 4.78 is 1.67. The molecule has 0 radical (unpaired) electrons. The van der Waals surface area contributed by atoms with Crippen molar-refractivity contribution in [1.82, 2.24) is 25.0 Å². The van der Waals surface area contributed by atoms with E-state index in [0.717, 1.165) is 5.69 Å². The lowest BCUT2D eigenvalue weighted by Crippen LogP contribution is -2.37. The number of para-hydroxylation sites is 1.